The third kappa shape index (κ3) is 22.6. The Balaban J connectivity index is -0.000000517. The van der Waals surface area contributed by atoms with Crippen molar-refractivity contribution >= 4 is 5.97 Å². The summed E-state index contributed by atoms with van der Waals surface area (Å²) in [5, 5.41) is 19.0. The standard InChI is InChI=1S/C17H38N.C7H6O3.BrH.Na/c1-5-6-7-8-9-10-11-12-13-14-15-16-17-18(2,3)4;8-6-4-2-1-3-5(6)7(9)10;;/h5-17H2,1-4H3;1-4,8H,(H,9,10);1H;/q+1;;;+1/p-2. The molecule has 0 saturated carbocycles. The second-order valence-electron chi connectivity index (χ2n) is 8.70. The van der Waals surface area contributed by atoms with Crippen LogP contribution in [0.15, 0.2) is 24.3 Å². The number of unbranched alkanes of at least 4 members (excludes halogenated alkanes) is 11. The van der Waals surface area contributed by atoms with Gasteiger partial charge in [0.25, 0.3) is 0 Å². The smallest absolute Gasteiger partial charge is 1.00 e. The van der Waals surface area contributed by atoms with Crippen LogP contribution >= 0.6 is 0 Å². The molecule has 1 aromatic carbocycles. The van der Waals surface area contributed by atoms with Gasteiger partial charge in [0.05, 0.1) is 33.3 Å². The SMILES string of the molecule is CCCCCCCCCCCCCC[N+](C)(C)C.O=C(O)c1ccccc1[O-].[Br-].[Na+]. The molecule has 0 heterocycles. The van der Waals surface area contributed by atoms with E-state index in [1.807, 2.05) is 0 Å². The average Bonchev–Trinajstić information content (AvgIpc) is 2.62. The van der Waals surface area contributed by atoms with E-state index in [4.69, 9.17) is 5.11 Å². The summed E-state index contributed by atoms with van der Waals surface area (Å²) in [6, 6.07) is 5.54. The number of nitrogens with zero attached hydrogens (tertiary/aromatic N) is 1. The molecule has 0 aliphatic rings. The summed E-state index contributed by atoms with van der Waals surface area (Å²) in [6.45, 7) is 3.62. The van der Waals surface area contributed by atoms with Crippen molar-refractivity contribution in [3.05, 3.63) is 29.8 Å². The molecule has 1 N–H and O–H groups in total. The fourth-order valence-corrected chi connectivity index (χ4v) is 3.07. The van der Waals surface area contributed by atoms with E-state index < -0.39 is 11.7 Å². The summed E-state index contributed by atoms with van der Waals surface area (Å²) >= 11 is 0. The maximum absolute atomic E-state index is 10.7. The molecule has 0 aliphatic heterocycles. The first-order valence-corrected chi connectivity index (χ1v) is 11.1. The number of benzene rings is 1. The molecule has 0 unspecified atom stereocenters. The van der Waals surface area contributed by atoms with Crippen LogP contribution < -0.4 is 51.6 Å². The van der Waals surface area contributed by atoms with Gasteiger partial charge >= 0.3 is 35.5 Å². The van der Waals surface area contributed by atoms with Crippen LogP contribution in [0.3, 0.4) is 0 Å². The summed E-state index contributed by atoms with van der Waals surface area (Å²) in [5.74, 6) is -1.62. The number of quaternary nitrogens is 1. The Labute approximate surface area is 218 Å². The minimum absolute atomic E-state index is 0. The molecular weight excluding hydrogens is 453 g/mol. The zero-order chi connectivity index (χ0) is 21.3. The molecule has 1 rings (SSSR count). The fraction of sp³-hybridized carbons (Fsp3) is 0.708. The van der Waals surface area contributed by atoms with Crippen LogP contribution in [0.2, 0.25) is 0 Å². The Hall–Kier alpha value is -0.0700. The molecule has 0 spiro atoms. The summed E-state index contributed by atoms with van der Waals surface area (Å²) in [4.78, 5) is 10.2. The van der Waals surface area contributed by atoms with E-state index >= 15 is 0 Å². The van der Waals surface area contributed by atoms with Crippen molar-refractivity contribution in [2.75, 3.05) is 27.7 Å². The van der Waals surface area contributed by atoms with Crippen molar-refractivity contribution < 1.29 is 66.0 Å². The quantitative estimate of drug-likeness (QED) is 0.222. The molecule has 6 heteroatoms. The Morgan fingerprint density at radius 3 is 1.57 bits per heavy atom. The third-order valence-corrected chi connectivity index (χ3v) is 4.80. The molecular formula is C24H43BrNNaO3. The molecule has 0 bridgehead atoms. The van der Waals surface area contributed by atoms with E-state index in [0.29, 0.717) is 0 Å². The monoisotopic (exact) mass is 495 g/mol. The van der Waals surface area contributed by atoms with Gasteiger partial charge in [-0.15, -0.1) is 0 Å². The van der Waals surface area contributed by atoms with E-state index in [1.54, 1.807) is 0 Å². The Kier molecular flexibility index (Phi) is 25.5. The average molecular weight is 497 g/mol. The first kappa shape index (κ1) is 34.5. The van der Waals surface area contributed by atoms with Gasteiger partial charge in [-0.05, 0) is 18.9 Å². The maximum atomic E-state index is 10.7. The van der Waals surface area contributed by atoms with Crippen molar-refractivity contribution in [3.63, 3.8) is 0 Å². The van der Waals surface area contributed by atoms with Crippen molar-refractivity contribution in [1.82, 2.24) is 0 Å². The van der Waals surface area contributed by atoms with Crippen LogP contribution in [0.25, 0.3) is 0 Å². The minimum Gasteiger partial charge on any atom is -1.00 e. The molecule has 0 saturated heterocycles. The minimum atomic E-state index is -1.18. The molecule has 0 aromatic heterocycles. The number of carbonyl (C=O) groups is 1. The first-order chi connectivity index (χ1) is 13.3. The van der Waals surface area contributed by atoms with Crippen LogP contribution in [0.5, 0.6) is 5.75 Å². The number of carboxylic acid groups (broad SMARTS) is 1. The summed E-state index contributed by atoms with van der Waals surface area (Å²) in [6.07, 6.45) is 17.4. The van der Waals surface area contributed by atoms with Gasteiger partial charge in [-0.1, -0.05) is 95.1 Å². The van der Waals surface area contributed by atoms with Crippen molar-refractivity contribution in [2.24, 2.45) is 0 Å². The van der Waals surface area contributed by atoms with Gasteiger partial charge in [-0.3, -0.25) is 0 Å². The predicted octanol–water partition coefficient (Wildman–Crippen LogP) is -0.140. The Bertz CT molecular complexity index is 521. The fourth-order valence-electron chi connectivity index (χ4n) is 3.07. The zero-order valence-electron chi connectivity index (χ0n) is 20.1. The molecule has 30 heavy (non-hydrogen) atoms. The molecule has 4 nitrogen and oxygen atoms in total. The zero-order valence-corrected chi connectivity index (χ0v) is 23.7. The van der Waals surface area contributed by atoms with E-state index in [1.165, 1.54) is 108 Å². The van der Waals surface area contributed by atoms with Crippen LogP contribution in [0, 0.1) is 0 Å². The normalized spacial score (nSPS) is 10.3. The second kappa shape index (κ2) is 22.1. The number of aromatic carboxylic acids is 1. The van der Waals surface area contributed by atoms with Crippen molar-refractivity contribution in [1.29, 1.82) is 0 Å². The van der Waals surface area contributed by atoms with Gasteiger partial charge in [0.1, 0.15) is 0 Å². The van der Waals surface area contributed by atoms with Gasteiger partial charge in [0, 0.05) is 0 Å². The molecule has 170 valence electrons. The number of carboxylic acids is 1. The summed E-state index contributed by atoms with van der Waals surface area (Å²) in [5.41, 5.74) is -0.178. The Morgan fingerprint density at radius 2 is 1.23 bits per heavy atom. The van der Waals surface area contributed by atoms with E-state index in [-0.39, 0.29) is 52.1 Å². The number of para-hydroxylation sites is 1. The molecule has 0 fully saturated rings. The van der Waals surface area contributed by atoms with Crippen LogP contribution in [-0.4, -0.2) is 43.2 Å². The Morgan fingerprint density at radius 1 is 0.833 bits per heavy atom. The number of hydrogen-bond acceptors (Lipinski definition) is 2. The molecule has 0 atom stereocenters. The van der Waals surface area contributed by atoms with Crippen molar-refractivity contribution in [3.8, 4) is 5.75 Å². The molecule has 1 aromatic rings. The van der Waals surface area contributed by atoms with E-state index in [0.717, 1.165) is 4.48 Å². The molecule has 0 aliphatic carbocycles. The molecule has 0 amide bonds. The maximum Gasteiger partial charge on any atom is 1.00 e. The van der Waals surface area contributed by atoms with E-state index in [2.05, 4.69) is 28.1 Å². The van der Waals surface area contributed by atoms with Gasteiger partial charge in [0.2, 0.25) is 0 Å². The number of rotatable bonds is 14. The van der Waals surface area contributed by atoms with Gasteiger partial charge in [-0.25, -0.2) is 4.79 Å². The van der Waals surface area contributed by atoms with E-state index in [9.17, 15) is 9.90 Å². The first-order valence-electron chi connectivity index (χ1n) is 11.1. The predicted molar refractivity (Wildman–Crippen MR) is 117 cm³/mol. The van der Waals surface area contributed by atoms with Gasteiger partial charge in [-0.2, -0.15) is 0 Å². The van der Waals surface area contributed by atoms with Gasteiger partial charge in [0.15, 0.2) is 0 Å². The van der Waals surface area contributed by atoms with Crippen molar-refractivity contribution in [2.45, 2.75) is 84.0 Å². The largest absolute Gasteiger partial charge is 1.00 e. The summed E-state index contributed by atoms with van der Waals surface area (Å²) < 4.78 is 1.12. The van der Waals surface area contributed by atoms with Crippen LogP contribution in [0.4, 0.5) is 0 Å². The van der Waals surface area contributed by atoms with Gasteiger partial charge < -0.3 is 31.7 Å². The summed E-state index contributed by atoms with van der Waals surface area (Å²) in [7, 11) is 6.87. The second-order valence-corrected chi connectivity index (χ2v) is 8.70. The number of halogens is 1. The number of hydrogen-bond donors (Lipinski definition) is 1. The molecule has 0 radical (unpaired) electrons. The topological polar surface area (TPSA) is 60.4 Å². The van der Waals surface area contributed by atoms with Crippen LogP contribution in [-0.2, 0) is 0 Å². The van der Waals surface area contributed by atoms with Crippen LogP contribution in [0.1, 0.15) is 94.3 Å². The third-order valence-electron chi connectivity index (χ3n) is 4.80.